The van der Waals surface area contributed by atoms with Crippen LogP contribution in [0.4, 0.5) is 0 Å². The zero-order chi connectivity index (χ0) is 10.7. The Balaban J connectivity index is 2.03. The van der Waals surface area contributed by atoms with Crippen molar-refractivity contribution in [1.82, 2.24) is 15.0 Å². The zero-order valence-electron chi connectivity index (χ0n) is 9.09. The van der Waals surface area contributed by atoms with Gasteiger partial charge in [-0.2, -0.15) is 4.98 Å². The predicted molar refractivity (Wildman–Crippen MR) is 56.0 cm³/mol. The molecular formula is C10H18N4O. The molecule has 0 aromatic carbocycles. The quantitative estimate of drug-likeness (QED) is 0.798. The van der Waals surface area contributed by atoms with Gasteiger partial charge in [-0.1, -0.05) is 11.6 Å². The summed E-state index contributed by atoms with van der Waals surface area (Å²) in [7, 11) is 0. The van der Waals surface area contributed by atoms with Gasteiger partial charge in [-0.25, -0.2) is 0 Å². The summed E-state index contributed by atoms with van der Waals surface area (Å²) in [6.07, 6.45) is 5.12. The second-order valence-corrected chi connectivity index (χ2v) is 4.18. The molecule has 0 amide bonds. The van der Waals surface area contributed by atoms with E-state index in [0.29, 0.717) is 24.5 Å². The van der Waals surface area contributed by atoms with Gasteiger partial charge in [0, 0.05) is 18.6 Å². The van der Waals surface area contributed by atoms with Crippen molar-refractivity contribution in [2.24, 2.45) is 5.73 Å². The molecule has 2 atom stereocenters. The van der Waals surface area contributed by atoms with Crippen LogP contribution in [0, 0.1) is 0 Å². The summed E-state index contributed by atoms with van der Waals surface area (Å²) in [6, 6.07) is 1.01. The van der Waals surface area contributed by atoms with Crippen LogP contribution >= 0.6 is 0 Å². The van der Waals surface area contributed by atoms with Gasteiger partial charge in [0.05, 0.1) is 6.54 Å². The minimum absolute atomic E-state index is 0.459. The van der Waals surface area contributed by atoms with Crippen LogP contribution in [0.2, 0.25) is 0 Å². The molecule has 2 N–H and O–H groups in total. The predicted octanol–water partition coefficient (Wildman–Crippen LogP) is 0.771. The molecule has 1 aliphatic heterocycles. The maximum atomic E-state index is 5.78. The molecule has 0 bridgehead atoms. The molecule has 0 radical (unpaired) electrons. The monoisotopic (exact) mass is 210 g/mol. The number of hydrogen-bond acceptors (Lipinski definition) is 5. The highest BCUT2D eigenvalue weighted by molar-refractivity contribution is 4.86. The Morgan fingerprint density at radius 3 is 3.13 bits per heavy atom. The number of aromatic nitrogens is 2. The van der Waals surface area contributed by atoms with Crippen molar-refractivity contribution in [1.29, 1.82) is 0 Å². The molecule has 2 heterocycles. The summed E-state index contributed by atoms with van der Waals surface area (Å²) in [5, 5.41) is 3.62. The van der Waals surface area contributed by atoms with Gasteiger partial charge in [0.1, 0.15) is 0 Å². The van der Waals surface area contributed by atoms with Crippen molar-refractivity contribution in [3.63, 3.8) is 0 Å². The highest BCUT2D eigenvalue weighted by Gasteiger charge is 2.27. The number of piperidine rings is 1. The van der Waals surface area contributed by atoms with Crippen molar-refractivity contribution in [3.8, 4) is 0 Å². The second kappa shape index (κ2) is 4.72. The largest absolute Gasteiger partial charge is 0.338 e. The van der Waals surface area contributed by atoms with Gasteiger partial charge in [-0.15, -0.1) is 0 Å². The number of likely N-dealkylation sites (tertiary alicyclic amines) is 1. The molecular weight excluding hydrogens is 192 g/mol. The molecule has 0 aliphatic carbocycles. The van der Waals surface area contributed by atoms with Crippen molar-refractivity contribution >= 4 is 0 Å². The van der Waals surface area contributed by atoms with Crippen molar-refractivity contribution in [2.45, 2.75) is 44.8 Å². The minimum Gasteiger partial charge on any atom is -0.338 e. The fourth-order valence-electron chi connectivity index (χ4n) is 2.30. The first kappa shape index (κ1) is 10.6. The molecule has 0 spiro atoms. The molecule has 84 valence electrons. The van der Waals surface area contributed by atoms with E-state index in [2.05, 4.69) is 22.0 Å². The molecule has 5 heteroatoms. The molecule has 1 fully saturated rings. The normalized spacial score (nSPS) is 28.1. The summed E-state index contributed by atoms with van der Waals surface area (Å²) in [5.74, 6) is 0.683. The van der Waals surface area contributed by atoms with E-state index in [0.717, 1.165) is 6.54 Å². The first-order chi connectivity index (χ1) is 7.31. The van der Waals surface area contributed by atoms with Crippen LogP contribution in [-0.2, 0) is 6.54 Å². The standard InChI is InChI=1S/C10H18N4O/c1-8-3-2-4-9(5-11)14(8)6-10-12-7-13-15-10/h7-9H,2-6,11H2,1H3. The molecule has 5 nitrogen and oxygen atoms in total. The summed E-state index contributed by atoms with van der Waals surface area (Å²) < 4.78 is 5.03. The van der Waals surface area contributed by atoms with E-state index in [-0.39, 0.29) is 0 Å². The van der Waals surface area contributed by atoms with Crippen molar-refractivity contribution in [3.05, 3.63) is 12.2 Å². The van der Waals surface area contributed by atoms with Gasteiger partial charge >= 0.3 is 0 Å². The van der Waals surface area contributed by atoms with E-state index < -0.39 is 0 Å². The van der Waals surface area contributed by atoms with E-state index in [1.807, 2.05) is 0 Å². The summed E-state index contributed by atoms with van der Waals surface area (Å²) in [6.45, 7) is 3.67. The van der Waals surface area contributed by atoms with Crippen LogP contribution in [0.5, 0.6) is 0 Å². The van der Waals surface area contributed by atoms with E-state index in [1.165, 1.54) is 25.6 Å². The highest BCUT2D eigenvalue weighted by atomic mass is 16.5. The fraction of sp³-hybridized carbons (Fsp3) is 0.800. The molecule has 1 aliphatic rings. The first-order valence-corrected chi connectivity index (χ1v) is 5.52. The van der Waals surface area contributed by atoms with E-state index in [9.17, 15) is 0 Å². The lowest BCUT2D eigenvalue weighted by Crippen LogP contribution is -2.48. The maximum absolute atomic E-state index is 5.78. The summed E-state index contributed by atoms with van der Waals surface area (Å²) >= 11 is 0. The lowest BCUT2D eigenvalue weighted by atomic mass is 9.96. The van der Waals surface area contributed by atoms with E-state index >= 15 is 0 Å². The third-order valence-corrected chi connectivity index (χ3v) is 3.19. The molecule has 2 rings (SSSR count). The average molecular weight is 210 g/mol. The summed E-state index contributed by atoms with van der Waals surface area (Å²) in [5.41, 5.74) is 5.78. The smallest absolute Gasteiger partial charge is 0.240 e. The molecule has 15 heavy (non-hydrogen) atoms. The van der Waals surface area contributed by atoms with Crippen LogP contribution < -0.4 is 5.73 Å². The van der Waals surface area contributed by atoms with Crippen molar-refractivity contribution < 1.29 is 4.52 Å². The number of rotatable bonds is 3. The van der Waals surface area contributed by atoms with Gasteiger partial charge in [-0.3, -0.25) is 4.90 Å². The fourth-order valence-corrected chi connectivity index (χ4v) is 2.30. The topological polar surface area (TPSA) is 68.2 Å². The van der Waals surface area contributed by atoms with Crippen molar-refractivity contribution in [2.75, 3.05) is 6.54 Å². The number of nitrogens with two attached hydrogens (primary N) is 1. The molecule has 1 aromatic rings. The third-order valence-electron chi connectivity index (χ3n) is 3.19. The van der Waals surface area contributed by atoms with Gasteiger partial charge in [0.15, 0.2) is 6.33 Å². The average Bonchev–Trinajstić information content (AvgIpc) is 2.74. The van der Waals surface area contributed by atoms with Crippen LogP contribution in [0.15, 0.2) is 10.9 Å². The Morgan fingerprint density at radius 1 is 1.60 bits per heavy atom. The van der Waals surface area contributed by atoms with Gasteiger partial charge in [-0.05, 0) is 19.8 Å². The second-order valence-electron chi connectivity index (χ2n) is 4.18. The SMILES string of the molecule is CC1CCCC(CN)N1Cc1ncno1. The van der Waals surface area contributed by atoms with E-state index in [4.69, 9.17) is 10.3 Å². The highest BCUT2D eigenvalue weighted by Crippen LogP contribution is 2.23. The first-order valence-electron chi connectivity index (χ1n) is 5.52. The third kappa shape index (κ3) is 2.35. The van der Waals surface area contributed by atoms with Crippen LogP contribution in [0.25, 0.3) is 0 Å². The molecule has 1 aromatic heterocycles. The lowest BCUT2D eigenvalue weighted by Gasteiger charge is -2.39. The Labute approximate surface area is 89.6 Å². The van der Waals surface area contributed by atoms with Gasteiger partial charge in [0.25, 0.3) is 0 Å². The Kier molecular flexibility index (Phi) is 3.33. The molecule has 0 saturated carbocycles. The maximum Gasteiger partial charge on any atom is 0.240 e. The van der Waals surface area contributed by atoms with Gasteiger partial charge in [0.2, 0.25) is 5.89 Å². The van der Waals surface area contributed by atoms with Crippen LogP contribution in [-0.4, -0.2) is 33.7 Å². The molecule has 2 unspecified atom stereocenters. The Bertz CT molecular complexity index is 288. The Morgan fingerprint density at radius 2 is 2.47 bits per heavy atom. The number of nitrogens with zero attached hydrogens (tertiary/aromatic N) is 3. The van der Waals surface area contributed by atoms with Crippen LogP contribution in [0.1, 0.15) is 32.1 Å². The molecule has 1 saturated heterocycles. The summed E-state index contributed by atoms with van der Waals surface area (Å²) in [4.78, 5) is 6.43. The zero-order valence-corrected chi connectivity index (χ0v) is 9.09. The minimum atomic E-state index is 0.459. The van der Waals surface area contributed by atoms with Gasteiger partial charge < -0.3 is 10.3 Å². The van der Waals surface area contributed by atoms with E-state index in [1.54, 1.807) is 0 Å². The lowest BCUT2D eigenvalue weighted by molar-refractivity contribution is 0.0770. The Hall–Kier alpha value is -0.940. The van der Waals surface area contributed by atoms with Crippen LogP contribution in [0.3, 0.4) is 0 Å². The number of hydrogen-bond donors (Lipinski definition) is 1.